The Balaban J connectivity index is 0.000000286. The van der Waals surface area contributed by atoms with E-state index >= 15 is 0 Å². The topological polar surface area (TPSA) is 248 Å². The molecule has 1 amide bonds. The minimum absolute atomic E-state index is 0. The van der Waals surface area contributed by atoms with Gasteiger partial charge in [0.25, 0.3) is 5.91 Å². The lowest BCUT2D eigenvalue weighted by Gasteiger charge is -2.13. The van der Waals surface area contributed by atoms with Crippen molar-refractivity contribution in [2.24, 2.45) is 5.84 Å². The molecule has 0 saturated heterocycles. The summed E-state index contributed by atoms with van der Waals surface area (Å²) in [6.45, 7) is 2.73. The first-order valence-corrected chi connectivity index (χ1v) is 17.7. The molecule has 0 unspecified atom stereocenters. The third kappa shape index (κ3) is 13.2. The van der Waals surface area contributed by atoms with Crippen LogP contribution in [0.15, 0.2) is 110 Å². The maximum absolute atomic E-state index is 11.9. The van der Waals surface area contributed by atoms with Crippen LogP contribution in [0.25, 0.3) is 0 Å². The summed E-state index contributed by atoms with van der Waals surface area (Å²) in [7, 11) is 1.26. The SMILES string of the molecule is C.CCO.COC(=O)c1c(N)ncnc1Nc1ccc(OCc2ccccc2)c(Cl)c1.NNC(=O)c1c(N)ncnc1Nc1ccc(OCc2ccccc2)c(Cl)c1. The second-order valence-corrected chi connectivity index (χ2v) is 12.1. The van der Waals surface area contributed by atoms with E-state index in [1.807, 2.05) is 66.1 Å². The van der Waals surface area contributed by atoms with E-state index in [1.54, 1.807) is 43.3 Å². The van der Waals surface area contributed by atoms with Gasteiger partial charge >= 0.3 is 5.97 Å². The van der Waals surface area contributed by atoms with Crippen molar-refractivity contribution in [2.45, 2.75) is 27.6 Å². The van der Waals surface area contributed by atoms with E-state index in [4.69, 9.17) is 59.8 Å². The zero-order chi connectivity index (χ0) is 41.2. The van der Waals surface area contributed by atoms with E-state index in [9.17, 15) is 9.59 Å². The Morgan fingerprint density at radius 2 is 1.10 bits per heavy atom. The van der Waals surface area contributed by atoms with Crippen molar-refractivity contribution in [3.63, 3.8) is 0 Å². The van der Waals surface area contributed by atoms with Gasteiger partial charge in [0, 0.05) is 18.0 Å². The van der Waals surface area contributed by atoms with Gasteiger partial charge in [-0.25, -0.2) is 30.6 Å². The van der Waals surface area contributed by atoms with Crippen LogP contribution in [0.1, 0.15) is 46.2 Å². The van der Waals surface area contributed by atoms with Gasteiger partial charge in [0.1, 0.15) is 65.9 Å². The largest absolute Gasteiger partial charge is 0.487 e. The van der Waals surface area contributed by atoms with Crippen molar-refractivity contribution in [3.05, 3.63) is 142 Å². The summed E-state index contributed by atoms with van der Waals surface area (Å²) >= 11 is 12.6. The predicted octanol–water partition coefficient (Wildman–Crippen LogP) is 7.09. The zero-order valence-electron chi connectivity index (χ0n) is 30.8. The molecule has 2 heterocycles. The molecule has 0 aliphatic rings. The van der Waals surface area contributed by atoms with Crippen LogP contribution in [0.4, 0.5) is 34.6 Å². The fourth-order valence-electron chi connectivity index (χ4n) is 4.72. The highest BCUT2D eigenvalue weighted by Gasteiger charge is 2.19. The van der Waals surface area contributed by atoms with Crippen LogP contribution in [-0.2, 0) is 18.0 Å². The summed E-state index contributed by atoms with van der Waals surface area (Å²) in [5, 5.41) is 14.4. The first kappa shape index (κ1) is 45.7. The highest BCUT2D eigenvalue weighted by molar-refractivity contribution is 6.32. The maximum atomic E-state index is 11.9. The van der Waals surface area contributed by atoms with Gasteiger partial charge in [-0.15, -0.1) is 0 Å². The third-order valence-corrected chi connectivity index (χ3v) is 7.96. The number of nitrogens with one attached hydrogen (secondary N) is 3. The summed E-state index contributed by atoms with van der Waals surface area (Å²) in [6, 6.07) is 29.8. The summed E-state index contributed by atoms with van der Waals surface area (Å²) in [4.78, 5) is 39.5. The average molecular weight is 832 g/mol. The molecule has 6 aromatic rings. The fourth-order valence-corrected chi connectivity index (χ4v) is 5.19. The third-order valence-electron chi connectivity index (χ3n) is 7.36. The number of nitrogens with two attached hydrogens (primary N) is 3. The minimum Gasteiger partial charge on any atom is -0.487 e. The molecule has 0 radical (unpaired) electrons. The molecule has 304 valence electrons. The first-order valence-electron chi connectivity index (χ1n) is 17.0. The van der Waals surface area contributed by atoms with Crippen molar-refractivity contribution in [1.82, 2.24) is 25.4 Å². The van der Waals surface area contributed by atoms with Crippen LogP contribution in [0, 0.1) is 0 Å². The molecule has 0 saturated carbocycles. The van der Waals surface area contributed by atoms with Crippen molar-refractivity contribution >= 4 is 69.7 Å². The number of nitrogen functional groups attached to an aromatic ring is 3. The Hall–Kier alpha value is -6.72. The highest BCUT2D eigenvalue weighted by Crippen LogP contribution is 2.32. The second kappa shape index (κ2) is 23.4. The Morgan fingerprint density at radius 1 is 0.690 bits per heavy atom. The van der Waals surface area contributed by atoms with Gasteiger partial charge in [0.05, 0.1) is 17.2 Å². The van der Waals surface area contributed by atoms with Gasteiger partial charge in [-0.1, -0.05) is 91.3 Å². The van der Waals surface area contributed by atoms with E-state index in [2.05, 4.69) is 30.6 Å². The molecule has 0 aliphatic carbocycles. The number of halogens is 2. The number of rotatable bonds is 12. The summed E-state index contributed by atoms with van der Waals surface area (Å²) < 4.78 is 16.2. The van der Waals surface area contributed by atoms with Crippen LogP contribution in [0.5, 0.6) is 11.5 Å². The molecule has 18 heteroatoms. The fraction of sp³-hybridized carbons (Fsp3) is 0.150. The van der Waals surface area contributed by atoms with Gasteiger partial charge < -0.3 is 41.4 Å². The van der Waals surface area contributed by atoms with Crippen molar-refractivity contribution in [3.8, 4) is 11.5 Å². The van der Waals surface area contributed by atoms with E-state index in [-0.39, 0.29) is 48.4 Å². The number of esters is 1. The van der Waals surface area contributed by atoms with E-state index in [0.717, 1.165) is 11.1 Å². The van der Waals surface area contributed by atoms with Gasteiger partial charge in [-0.3, -0.25) is 10.2 Å². The number of carbonyl (C=O) groups excluding carboxylic acids is 2. The first-order chi connectivity index (χ1) is 27.6. The molecule has 10 N–H and O–H groups in total. The number of amides is 1. The van der Waals surface area contributed by atoms with Crippen molar-refractivity contribution in [1.29, 1.82) is 0 Å². The number of aromatic nitrogens is 4. The smallest absolute Gasteiger partial charge is 0.345 e. The predicted molar refractivity (Wildman–Crippen MR) is 226 cm³/mol. The van der Waals surface area contributed by atoms with Crippen LogP contribution in [0.3, 0.4) is 0 Å². The lowest BCUT2D eigenvalue weighted by atomic mass is 10.2. The molecule has 0 bridgehead atoms. The lowest BCUT2D eigenvalue weighted by Crippen LogP contribution is -2.31. The van der Waals surface area contributed by atoms with E-state index in [1.165, 1.54) is 19.8 Å². The number of ether oxygens (including phenoxy) is 3. The monoisotopic (exact) mass is 830 g/mol. The number of hydrazine groups is 1. The van der Waals surface area contributed by atoms with Gasteiger partial charge in [0.15, 0.2) is 5.82 Å². The Morgan fingerprint density at radius 3 is 1.50 bits per heavy atom. The highest BCUT2D eigenvalue weighted by atomic mass is 35.5. The molecule has 6 rings (SSSR count). The van der Waals surface area contributed by atoms with Crippen LogP contribution in [0.2, 0.25) is 10.0 Å². The number of benzene rings is 4. The summed E-state index contributed by atoms with van der Waals surface area (Å²) in [5.41, 5.74) is 16.9. The van der Waals surface area contributed by atoms with Crippen molar-refractivity contribution < 1.29 is 28.9 Å². The molecule has 4 aromatic carbocycles. The number of nitrogens with zero attached hydrogens (tertiary/aromatic N) is 4. The Labute approximate surface area is 345 Å². The molecule has 0 spiro atoms. The number of aliphatic hydroxyl groups is 1. The number of hydrogen-bond acceptors (Lipinski definition) is 15. The van der Waals surface area contributed by atoms with Gasteiger partial charge in [0.2, 0.25) is 0 Å². The minimum atomic E-state index is -0.635. The number of hydrogen-bond donors (Lipinski definition) is 7. The standard InChI is InChI=1S/C19H17ClN4O3.C18H17ClN6O2.C2H6O.CH4/c1-26-19(25)16-17(21)22-11-23-18(16)24-13-7-8-15(14(20)9-13)27-10-12-5-3-2-4-6-12;19-13-8-12(6-7-14(13)27-9-11-4-2-1-3-5-11)24-17-15(18(26)25-21)16(20)22-10-23-17;1-2-3;/h2-9,11H,10H2,1H3,(H3,21,22,23,24);1-8,10H,9,21H2,(H,25,26)(H3,20,22,23,24);3H,2H2,1H3;1H4. The zero-order valence-corrected chi connectivity index (χ0v) is 32.3. The number of carbonyl (C=O) groups is 2. The average Bonchev–Trinajstić information content (AvgIpc) is 3.21. The van der Waals surface area contributed by atoms with Crippen LogP contribution < -0.4 is 42.8 Å². The molecular weight excluding hydrogens is 787 g/mol. The van der Waals surface area contributed by atoms with Gasteiger partial charge in [-0.2, -0.15) is 0 Å². The number of aliphatic hydroxyl groups excluding tert-OH is 1. The van der Waals surface area contributed by atoms with Crippen LogP contribution >= 0.6 is 23.2 Å². The maximum Gasteiger partial charge on any atom is 0.345 e. The molecule has 0 atom stereocenters. The molecule has 0 aliphatic heterocycles. The number of methoxy groups -OCH3 is 1. The Bertz CT molecular complexity index is 2080. The molecule has 0 fully saturated rings. The van der Waals surface area contributed by atoms with E-state index in [0.29, 0.717) is 46.1 Å². The van der Waals surface area contributed by atoms with Crippen molar-refractivity contribution in [2.75, 3.05) is 35.8 Å². The van der Waals surface area contributed by atoms with E-state index < -0.39 is 11.9 Å². The quantitative estimate of drug-likeness (QED) is 0.0281. The number of anilines is 6. The van der Waals surface area contributed by atoms with Crippen LogP contribution in [-0.4, -0.2) is 50.6 Å². The Kier molecular flexibility index (Phi) is 18.4. The summed E-state index contributed by atoms with van der Waals surface area (Å²) in [5.74, 6) is 5.48. The summed E-state index contributed by atoms with van der Waals surface area (Å²) in [6.07, 6.45) is 2.49. The normalized spacial score (nSPS) is 9.90. The van der Waals surface area contributed by atoms with Gasteiger partial charge in [-0.05, 0) is 54.4 Å². The molecule has 16 nitrogen and oxygen atoms in total. The lowest BCUT2D eigenvalue weighted by molar-refractivity contribution is 0.0602. The second-order valence-electron chi connectivity index (χ2n) is 11.3. The molecular formula is C40H44Cl2N10O6. The molecule has 58 heavy (non-hydrogen) atoms. The molecule has 2 aromatic heterocycles.